The largest absolute Gasteiger partial charge is 0.472 e. The van der Waals surface area contributed by atoms with E-state index in [1.807, 2.05) is 25.4 Å². The van der Waals surface area contributed by atoms with Crippen molar-refractivity contribution in [3.8, 4) is 0 Å². The first kappa shape index (κ1) is 16.5. The van der Waals surface area contributed by atoms with Gasteiger partial charge in [0, 0.05) is 44.1 Å². The van der Waals surface area contributed by atoms with Gasteiger partial charge in [0.1, 0.15) is 0 Å². The Morgan fingerprint density at radius 1 is 1.50 bits per heavy atom. The number of pyridine rings is 1. The number of carbonyl (C=O) groups is 1. The van der Waals surface area contributed by atoms with Crippen LogP contribution in [0.4, 0.5) is 4.79 Å². The van der Waals surface area contributed by atoms with Crippen molar-refractivity contribution in [2.24, 2.45) is 5.92 Å². The van der Waals surface area contributed by atoms with Crippen molar-refractivity contribution in [1.29, 1.82) is 0 Å². The van der Waals surface area contributed by atoms with Gasteiger partial charge in [-0.05, 0) is 43.6 Å². The van der Waals surface area contributed by atoms with Crippen LogP contribution in [0.2, 0.25) is 0 Å². The van der Waals surface area contributed by atoms with E-state index in [0.717, 1.165) is 25.1 Å². The highest BCUT2D eigenvalue weighted by Crippen LogP contribution is 2.36. The van der Waals surface area contributed by atoms with Crippen LogP contribution in [0.1, 0.15) is 23.6 Å². The molecule has 3 rings (SSSR count). The average Bonchev–Trinajstić information content (AvgIpc) is 3.23. The fourth-order valence-electron chi connectivity index (χ4n) is 3.44. The third-order valence-corrected chi connectivity index (χ3v) is 4.68. The van der Waals surface area contributed by atoms with Crippen LogP contribution < -0.4 is 5.32 Å². The molecule has 1 aliphatic rings. The summed E-state index contributed by atoms with van der Waals surface area (Å²) >= 11 is 0. The highest BCUT2D eigenvalue weighted by Gasteiger charge is 2.34. The minimum Gasteiger partial charge on any atom is -0.472 e. The summed E-state index contributed by atoms with van der Waals surface area (Å²) in [7, 11) is 3.99. The van der Waals surface area contributed by atoms with Crippen LogP contribution in [0.3, 0.4) is 0 Å². The van der Waals surface area contributed by atoms with Gasteiger partial charge in [0.2, 0.25) is 0 Å². The first-order valence-corrected chi connectivity index (χ1v) is 8.25. The standard InChI is InChI=1S/C18H24N4O2/c1-21-8-5-16(17(21)15-4-3-7-19-11-15)12-22(2)18(23)20-10-14-6-9-24-13-14/h3-4,6-7,9,11,13,16-17H,5,8,10,12H2,1-2H3,(H,20,23)/t16-,17-/m0/s1. The van der Waals surface area contributed by atoms with E-state index in [9.17, 15) is 4.79 Å². The molecular formula is C18H24N4O2. The van der Waals surface area contributed by atoms with Gasteiger partial charge in [-0.3, -0.25) is 9.88 Å². The predicted molar refractivity (Wildman–Crippen MR) is 91.3 cm³/mol. The molecule has 0 bridgehead atoms. The van der Waals surface area contributed by atoms with E-state index in [-0.39, 0.29) is 6.03 Å². The first-order valence-electron chi connectivity index (χ1n) is 8.25. The zero-order valence-electron chi connectivity index (χ0n) is 14.2. The van der Waals surface area contributed by atoms with Crippen LogP contribution in [-0.4, -0.2) is 48.0 Å². The molecule has 24 heavy (non-hydrogen) atoms. The van der Waals surface area contributed by atoms with E-state index in [4.69, 9.17) is 4.42 Å². The third-order valence-electron chi connectivity index (χ3n) is 4.68. The number of hydrogen-bond donors (Lipinski definition) is 1. The lowest BCUT2D eigenvalue weighted by Gasteiger charge is -2.28. The molecule has 1 saturated heterocycles. The zero-order valence-corrected chi connectivity index (χ0v) is 14.2. The molecule has 1 aliphatic heterocycles. The quantitative estimate of drug-likeness (QED) is 0.916. The molecule has 2 amide bonds. The van der Waals surface area contributed by atoms with E-state index >= 15 is 0 Å². The maximum absolute atomic E-state index is 12.3. The Bertz CT molecular complexity index is 644. The molecule has 2 aromatic heterocycles. The molecule has 1 fully saturated rings. The maximum Gasteiger partial charge on any atom is 0.317 e. The summed E-state index contributed by atoms with van der Waals surface area (Å²) < 4.78 is 5.01. The first-order chi connectivity index (χ1) is 11.6. The summed E-state index contributed by atoms with van der Waals surface area (Å²) in [4.78, 5) is 20.7. The predicted octanol–water partition coefficient (Wildman–Crippen LogP) is 2.51. The molecule has 6 heteroatoms. The molecule has 2 aromatic rings. The SMILES string of the molecule is CN(C[C@@H]1CCN(C)[C@H]1c1cccnc1)C(=O)NCc1ccoc1. The second-order valence-electron chi connectivity index (χ2n) is 6.43. The Hall–Kier alpha value is -2.34. The third kappa shape index (κ3) is 3.76. The fourth-order valence-corrected chi connectivity index (χ4v) is 3.44. The Labute approximate surface area is 142 Å². The van der Waals surface area contributed by atoms with Crippen molar-refractivity contribution in [2.75, 3.05) is 27.2 Å². The zero-order chi connectivity index (χ0) is 16.9. The summed E-state index contributed by atoms with van der Waals surface area (Å²) in [6, 6.07) is 6.19. The molecule has 0 aromatic carbocycles. The van der Waals surface area contributed by atoms with Gasteiger partial charge in [0.15, 0.2) is 0 Å². The van der Waals surface area contributed by atoms with E-state index in [0.29, 0.717) is 18.5 Å². The Morgan fingerprint density at radius 2 is 2.38 bits per heavy atom. The number of nitrogens with one attached hydrogen (secondary N) is 1. The van der Waals surface area contributed by atoms with E-state index in [2.05, 4.69) is 28.3 Å². The molecule has 0 saturated carbocycles. The Kier molecular flexibility index (Phi) is 5.15. The van der Waals surface area contributed by atoms with Gasteiger partial charge >= 0.3 is 6.03 Å². The van der Waals surface area contributed by atoms with Crippen LogP contribution in [0.25, 0.3) is 0 Å². The van der Waals surface area contributed by atoms with Gasteiger partial charge in [-0.1, -0.05) is 6.07 Å². The lowest BCUT2D eigenvalue weighted by atomic mass is 9.94. The second kappa shape index (κ2) is 7.49. The smallest absolute Gasteiger partial charge is 0.317 e. The topological polar surface area (TPSA) is 61.6 Å². The summed E-state index contributed by atoms with van der Waals surface area (Å²) in [5.74, 6) is 0.406. The van der Waals surface area contributed by atoms with Crippen molar-refractivity contribution in [3.63, 3.8) is 0 Å². The number of furan rings is 1. The van der Waals surface area contributed by atoms with Gasteiger partial charge < -0.3 is 14.6 Å². The lowest BCUT2D eigenvalue weighted by molar-refractivity contribution is 0.189. The minimum absolute atomic E-state index is 0.0595. The van der Waals surface area contributed by atoms with Gasteiger partial charge in [-0.25, -0.2) is 4.79 Å². The molecule has 0 aliphatic carbocycles. The number of amides is 2. The molecule has 2 atom stereocenters. The van der Waals surface area contributed by atoms with E-state index in [1.54, 1.807) is 23.6 Å². The molecular weight excluding hydrogens is 304 g/mol. The number of likely N-dealkylation sites (tertiary alicyclic amines) is 1. The van der Waals surface area contributed by atoms with Gasteiger partial charge in [0.05, 0.1) is 12.5 Å². The van der Waals surface area contributed by atoms with Crippen molar-refractivity contribution in [1.82, 2.24) is 20.1 Å². The maximum atomic E-state index is 12.3. The number of carbonyl (C=O) groups excluding carboxylic acids is 1. The fraction of sp³-hybridized carbons (Fsp3) is 0.444. The molecule has 128 valence electrons. The van der Waals surface area contributed by atoms with Crippen LogP contribution in [0.15, 0.2) is 47.5 Å². The summed E-state index contributed by atoms with van der Waals surface area (Å²) in [5, 5.41) is 2.93. The Balaban J connectivity index is 1.58. The molecule has 0 unspecified atom stereocenters. The monoisotopic (exact) mass is 328 g/mol. The molecule has 3 heterocycles. The van der Waals surface area contributed by atoms with Crippen molar-refractivity contribution < 1.29 is 9.21 Å². The highest BCUT2D eigenvalue weighted by molar-refractivity contribution is 5.73. The van der Waals surface area contributed by atoms with Gasteiger partial charge in [0.25, 0.3) is 0 Å². The minimum atomic E-state index is -0.0595. The highest BCUT2D eigenvalue weighted by atomic mass is 16.3. The Morgan fingerprint density at radius 3 is 3.08 bits per heavy atom. The van der Waals surface area contributed by atoms with Crippen molar-refractivity contribution >= 4 is 6.03 Å². The van der Waals surface area contributed by atoms with Crippen LogP contribution in [-0.2, 0) is 6.54 Å². The van der Waals surface area contributed by atoms with Crippen LogP contribution in [0.5, 0.6) is 0 Å². The van der Waals surface area contributed by atoms with E-state index in [1.165, 1.54) is 5.56 Å². The number of nitrogens with zero attached hydrogens (tertiary/aromatic N) is 3. The summed E-state index contributed by atoms with van der Waals surface area (Å²) in [5.41, 5.74) is 2.18. The number of aromatic nitrogens is 1. The molecule has 6 nitrogen and oxygen atoms in total. The van der Waals surface area contributed by atoms with Gasteiger partial charge in [-0.15, -0.1) is 0 Å². The molecule has 0 spiro atoms. The van der Waals surface area contributed by atoms with Gasteiger partial charge in [-0.2, -0.15) is 0 Å². The normalized spacial score (nSPS) is 20.9. The average molecular weight is 328 g/mol. The molecule has 1 N–H and O–H groups in total. The van der Waals surface area contributed by atoms with Crippen LogP contribution >= 0.6 is 0 Å². The second-order valence-corrected chi connectivity index (χ2v) is 6.43. The molecule has 0 radical (unpaired) electrons. The van der Waals surface area contributed by atoms with Crippen LogP contribution in [0, 0.1) is 5.92 Å². The number of hydrogen-bond acceptors (Lipinski definition) is 4. The summed E-state index contributed by atoms with van der Waals surface area (Å²) in [6.07, 6.45) is 8.06. The summed E-state index contributed by atoms with van der Waals surface area (Å²) in [6.45, 7) is 2.24. The number of urea groups is 1. The van der Waals surface area contributed by atoms with Crippen molar-refractivity contribution in [3.05, 3.63) is 54.2 Å². The van der Waals surface area contributed by atoms with Crippen molar-refractivity contribution in [2.45, 2.75) is 19.0 Å². The lowest BCUT2D eigenvalue weighted by Crippen LogP contribution is -2.40. The van der Waals surface area contributed by atoms with E-state index < -0.39 is 0 Å². The number of rotatable bonds is 5.